The highest BCUT2D eigenvalue weighted by atomic mass is 79.9. The molecule has 1 heterocycles. The molecule has 0 aliphatic rings. The van der Waals surface area contributed by atoms with Crippen LogP contribution in [0, 0.1) is 12.8 Å². The van der Waals surface area contributed by atoms with Crippen LogP contribution in [0.2, 0.25) is 0 Å². The van der Waals surface area contributed by atoms with Crippen LogP contribution in [0.25, 0.3) is 0 Å². The number of carbonyl (C=O) groups is 2. The lowest BCUT2D eigenvalue weighted by Crippen LogP contribution is -2.34. The lowest BCUT2D eigenvalue weighted by atomic mass is 9.94. The third-order valence-corrected chi connectivity index (χ3v) is 7.84. The highest BCUT2D eigenvalue weighted by Crippen LogP contribution is 2.25. The highest BCUT2D eigenvalue weighted by Gasteiger charge is 2.26. The molecular weight excluding hydrogens is 590 g/mol. The predicted octanol–water partition coefficient (Wildman–Crippen LogP) is 8.37. The van der Waals surface area contributed by atoms with Crippen molar-refractivity contribution in [3.05, 3.63) is 128 Å². The molecular formula is C36H42BrNO4. The Morgan fingerprint density at radius 2 is 1.74 bits per heavy atom. The van der Waals surface area contributed by atoms with Gasteiger partial charge >= 0.3 is 5.97 Å². The van der Waals surface area contributed by atoms with Crippen molar-refractivity contribution in [3.8, 4) is 0 Å². The largest absolute Gasteiger partial charge is 0.463 e. The Kier molecular flexibility index (Phi) is 12.7. The number of aromatic nitrogens is 1. The van der Waals surface area contributed by atoms with Crippen molar-refractivity contribution in [2.45, 2.75) is 72.3 Å². The molecule has 2 aromatic carbocycles. The van der Waals surface area contributed by atoms with Crippen LogP contribution in [-0.2, 0) is 22.4 Å². The number of hydrogen-bond donors (Lipinski definition) is 0. The zero-order chi connectivity index (χ0) is 30.6. The molecule has 0 saturated heterocycles. The quantitative estimate of drug-likeness (QED) is 0.0960. The number of ketones is 1. The average molecular weight is 633 g/mol. The number of hydrogen-bond acceptors (Lipinski definition) is 4. The number of nitrogens with zero attached hydrogens (tertiary/aromatic N) is 1. The van der Waals surface area contributed by atoms with Gasteiger partial charge in [-0.3, -0.25) is 14.4 Å². The number of carbonyl (C=O) groups excluding carboxylic acids is 2. The Hall–Kier alpha value is -3.51. The zero-order valence-corrected chi connectivity index (χ0v) is 26.8. The van der Waals surface area contributed by atoms with Gasteiger partial charge in [-0.2, -0.15) is 0 Å². The maximum Gasteiger partial charge on any atom is 0.306 e. The van der Waals surface area contributed by atoms with E-state index in [1.807, 2.05) is 42.5 Å². The standard InChI is InChI=1S/C36H42BrNO4/c1-6-7-16-32-35(36(41)29-17-19-30(37)20-18-29)27(5)22-33(39)38(32)31(23-28-14-9-8-10-15-28)24-42-34(40)21-26(4)13-11-12-25(2)3/h6,8-10,12,14-15,17-20,22,26,31H,1,7,11,13,16,21,23-24H2,2-5H3/t26-,31+/m1/s1. The van der Waals surface area contributed by atoms with Crippen LogP contribution in [0.15, 0.2) is 94.2 Å². The molecule has 0 fully saturated rings. The fourth-order valence-corrected chi connectivity index (χ4v) is 5.41. The van der Waals surface area contributed by atoms with Crippen molar-refractivity contribution in [1.29, 1.82) is 0 Å². The minimum atomic E-state index is -0.485. The topological polar surface area (TPSA) is 65.4 Å². The number of ether oxygens (including phenoxy) is 1. The van der Waals surface area contributed by atoms with Crippen LogP contribution in [0.5, 0.6) is 0 Å². The molecule has 0 N–H and O–H groups in total. The number of halogens is 1. The number of esters is 1. The molecule has 3 rings (SSSR count). The summed E-state index contributed by atoms with van der Waals surface area (Å²) in [5.41, 5.74) is 4.38. The summed E-state index contributed by atoms with van der Waals surface area (Å²) in [5.74, 6) is -0.244. The first-order valence-corrected chi connectivity index (χ1v) is 15.4. The van der Waals surface area contributed by atoms with Crippen LogP contribution in [0.4, 0.5) is 0 Å². The van der Waals surface area contributed by atoms with Crippen molar-refractivity contribution >= 4 is 27.7 Å². The van der Waals surface area contributed by atoms with Crippen molar-refractivity contribution in [3.63, 3.8) is 0 Å². The average Bonchev–Trinajstić information content (AvgIpc) is 2.94. The minimum Gasteiger partial charge on any atom is -0.463 e. The van der Waals surface area contributed by atoms with E-state index in [1.54, 1.807) is 29.7 Å². The van der Waals surface area contributed by atoms with Crippen LogP contribution in [0.1, 0.15) is 85.2 Å². The number of rotatable bonds is 15. The predicted molar refractivity (Wildman–Crippen MR) is 174 cm³/mol. The number of allylic oxidation sites excluding steroid dienone is 3. The third kappa shape index (κ3) is 9.52. The van der Waals surface area contributed by atoms with Crippen molar-refractivity contribution in [2.75, 3.05) is 6.61 Å². The molecule has 1 aromatic heterocycles. The Morgan fingerprint density at radius 3 is 2.38 bits per heavy atom. The first kappa shape index (κ1) is 33.0. The summed E-state index contributed by atoms with van der Waals surface area (Å²) in [6.07, 6.45) is 7.62. The molecule has 222 valence electrons. The van der Waals surface area contributed by atoms with Gasteiger partial charge in [-0.15, -0.1) is 6.58 Å². The van der Waals surface area contributed by atoms with E-state index in [1.165, 1.54) is 11.6 Å². The van der Waals surface area contributed by atoms with Gasteiger partial charge in [0.15, 0.2) is 5.78 Å². The molecule has 0 amide bonds. The summed E-state index contributed by atoms with van der Waals surface area (Å²) in [6.45, 7) is 11.9. The first-order valence-electron chi connectivity index (χ1n) is 14.6. The van der Waals surface area contributed by atoms with Gasteiger partial charge in [-0.1, -0.05) is 70.9 Å². The van der Waals surface area contributed by atoms with Crippen LogP contribution >= 0.6 is 15.9 Å². The maximum atomic E-state index is 13.9. The second-order valence-electron chi connectivity index (χ2n) is 11.2. The zero-order valence-electron chi connectivity index (χ0n) is 25.2. The normalized spacial score (nSPS) is 12.3. The van der Waals surface area contributed by atoms with Gasteiger partial charge in [-0.05, 0) is 94.2 Å². The maximum absolute atomic E-state index is 13.9. The van der Waals surface area contributed by atoms with Gasteiger partial charge in [0.1, 0.15) is 6.61 Å². The second-order valence-corrected chi connectivity index (χ2v) is 12.1. The van der Waals surface area contributed by atoms with Gasteiger partial charge < -0.3 is 9.30 Å². The van der Waals surface area contributed by atoms with Gasteiger partial charge in [0.2, 0.25) is 0 Å². The molecule has 0 aliphatic carbocycles. The van der Waals surface area contributed by atoms with Crippen LogP contribution in [-0.4, -0.2) is 22.9 Å². The van der Waals surface area contributed by atoms with E-state index in [0.717, 1.165) is 22.9 Å². The van der Waals surface area contributed by atoms with E-state index < -0.39 is 6.04 Å². The van der Waals surface area contributed by atoms with E-state index in [0.29, 0.717) is 48.1 Å². The second kappa shape index (κ2) is 16.2. The van der Waals surface area contributed by atoms with Crippen LogP contribution in [0.3, 0.4) is 0 Å². The van der Waals surface area contributed by atoms with E-state index in [2.05, 4.69) is 49.4 Å². The Balaban J connectivity index is 2.01. The fourth-order valence-electron chi connectivity index (χ4n) is 5.15. The first-order chi connectivity index (χ1) is 20.1. The number of aryl methyl sites for hydroxylation is 1. The lowest BCUT2D eigenvalue weighted by Gasteiger charge is -2.26. The Labute approximate surface area is 258 Å². The molecule has 3 aromatic rings. The van der Waals surface area contributed by atoms with Gasteiger partial charge in [0.05, 0.1) is 6.04 Å². The summed E-state index contributed by atoms with van der Waals surface area (Å²) in [7, 11) is 0. The van der Waals surface area contributed by atoms with E-state index in [4.69, 9.17) is 4.74 Å². The summed E-state index contributed by atoms with van der Waals surface area (Å²) in [5, 5.41) is 0. The molecule has 0 radical (unpaired) electrons. The SMILES string of the molecule is C=CCCc1c(C(=O)c2ccc(Br)cc2)c(C)cc(=O)n1[C@H](COC(=O)C[C@H](C)CCC=C(C)C)Cc1ccccc1. The third-order valence-electron chi connectivity index (χ3n) is 7.31. The Bertz CT molecular complexity index is 1450. The van der Waals surface area contributed by atoms with Gasteiger partial charge in [0, 0.05) is 33.8 Å². The molecule has 0 saturated carbocycles. The van der Waals surface area contributed by atoms with E-state index >= 15 is 0 Å². The van der Waals surface area contributed by atoms with Crippen LogP contribution < -0.4 is 5.56 Å². The van der Waals surface area contributed by atoms with Gasteiger partial charge in [-0.25, -0.2) is 0 Å². The smallest absolute Gasteiger partial charge is 0.306 e. The number of benzene rings is 2. The van der Waals surface area contributed by atoms with Crippen molar-refractivity contribution in [2.24, 2.45) is 5.92 Å². The van der Waals surface area contributed by atoms with Crippen molar-refractivity contribution in [1.82, 2.24) is 4.57 Å². The fraction of sp³-hybridized carbons (Fsp3) is 0.361. The monoisotopic (exact) mass is 631 g/mol. The molecule has 0 spiro atoms. The molecule has 0 unspecified atom stereocenters. The van der Waals surface area contributed by atoms with E-state index in [-0.39, 0.29) is 29.8 Å². The molecule has 5 nitrogen and oxygen atoms in total. The molecule has 2 atom stereocenters. The lowest BCUT2D eigenvalue weighted by molar-refractivity contribution is -0.145. The minimum absolute atomic E-state index is 0.0321. The molecule has 42 heavy (non-hydrogen) atoms. The molecule has 0 aliphatic heterocycles. The molecule has 0 bridgehead atoms. The van der Waals surface area contributed by atoms with E-state index in [9.17, 15) is 14.4 Å². The number of pyridine rings is 1. The summed E-state index contributed by atoms with van der Waals surface area (Å²) >= 11 is 3.44. The van der Waals surface area contributed by atoms with Crippen molar-refractivity contribution < 1.29 is 14.3 Å². The summed E-state index contributed by atoms with van der Waals surface area (Å²) in [6, 6.07) is 18.1. The summed E-state index contributed by atoms with van der Waals surface area (Å²) < 4.78 is 8.41. The Morgan fingerprint density at radius 1 is 1.05 bits per heavy atom. The molecule has 6 heteroatoms. The van der Waals surface area contributed by atoms with Gasteiger partial charge in [0.25, 0.3) is 5.56 Å². The summed E-state index contributed by atoms with van der Waals surface area (Å²) in [4.78, 5) is 40.5. The highest BCUT2D eigenvalue weighted by molar-refractivity contribution is 9.10.